The molecule has 0 atom stereocenters. The van der Waals surface area contributed by atoms with Crippen LogP contribution in [0.2, 0.25) is 0 Å². The molecule has 0 fully saturated rings. The molecule has 0 spiro atoms. The van der Waals surface area contributed by atoms with Crippen molar-refractivity contribution in [2.24, 2.45) is 0 Å². The van der Waals surface area contributed by atoms with Crippen LogP contribution in [0.4, 0.5) is 0 Å². The van der Waals surface area contributed by atoms with E-state index in [4.69, 9.17) is 11.5 Å². The Bertz CT molecular complexity index is 860. The summed E-state index contributed by atoms with van der Waals surface area (Å²) in [6.07, 6.45) is 8.05. The van der Waals surface area contributed by atoms with Crippen molar-refractivity contribution >= 4 is 5.97 Å². The summed E-state index contributed by atoms with van der Waals surface area (Å²) in [6.45, 7) is 0. The van der Waals surface area contributed by atoms with Gasteiger partial charge in [0, 0.05) is 0 Å². The number of carboxylic acid groups (broad SMARTS) is 1. The summed E-state index contributed by atoms with van der Waals surface area (Å²) in [5, 5.41) is 12.9. The first-order valence-corrected chi connectivity index (χ1v) is 6.49. The van der Waals surface area contributed by atoms with Gasteiger partial charge in [0.05, 0.1) is 16.8 Å². The second-order valence-corrected chi connectivity index (χ2v) is 4.57. The summed E-state index contributed by atoms with van der Waals surface area (Å²) >= 11 is 0. The molecule has 2 aromatic rings. The van der Waals surface area contributed by atoms with Crippen LogP contribution in [-0.4, -0.2) is 25.8 Å². The van der Waals surface area contributed by atoms with Crippen molar-refractivity contribution in [1.29, 1.82) is 0 Å². The fourth-order valence-electron chi connectivity index (χ4n) is 2.08. The Hall–Kier alpha value is -3.39. The molecule has 0 unspecified atom stereocenters. The number of aromatic nitrogens is 3. The maximum absolute atomic E-state index is 11.1. The van der Waals surface area contributed by atoms with Gasteiger partial charge < -0.3 is 5.11 Å². The van der Waals surface area contributed by atoms with Crippen molar-refractivity contribution in [1.82, 2.24) is 14.8 Å². The normalized spacial score (nSPS) is 10.1. The summed E-state index contributed by atoms with van der Waals surface area (Å²) in [4.78, 5) is 14.8. The predicted octanol–water partition coefficient (Wildman–Crippen LogP) is 2.61. The number of carbonyl (C=O) groups is 1. The third-order valence-corrected chi connectivity index (χ3v) is 3.18. The van der Waals surface area contributed by atoms with Crippen molar-refractivity contribution in [2.75, 3.05) is 0 Å². The van der Waals surface area contributed by atoms with Crippen LogP contribution in [0.3, 0.4) is 0 Å². The van der Waals surface area contributed by atoms with E-state index in [0.717, 1.165) is 0 Å². The molecule has 0 saturated carbocycles. The van der Waals surface area contributed by atoms with Crippen LogP contribution >= 0.6 is 0 Å². The fourth-order valence-corrected chi connectivity index (χ4v) is 2.08. The molecule has 2 aliphatic rings. The van der Waals surface area contributed by atoms with E-state index in [1.165, 1.54) is 34.5 Å². The van der Waals surface area contributed by atoms with Crippen LogP contribution < -0.4 is 0 Å². The molecule has 5 nitrogen and oxygen atoms in total. The Morgan fingerprint density at radius 1 is 1.18 bits per heavy atom. The summed E-state index contributed by atoms with van der Waals surface area (Å²) in [6, 6.07) is 13.2. The minimum Gasteiger partial charge on any atom is -0.478 e. The van der Waals surface area contributed by atoms with Crippen molar-refractivity contribution in [3.63, 3.8) is 0 Å². The third-order valence-electron chi connectivity index (χ3n) is 3.18. The van der Waals surface area contributed by atoms with Gasteiger partial charge in [-0.25, -0.2) is 14.5 Å². The second-order valence-electron chi connectivity index (χ2n) is 4.57. The lowest BCUT2D eigenvalue weighted by Crippen LogP contribution is -2.08. The highest BCUT2D eigenvalue weighted by molar-refractivity contribution is 5.93. The zero-order valence-electron chi connectivity index (χ0n) is 11.5. The molecule has 0 bridgehead atoms. The molecule has 0 amide bonds. The van der Waals surface area contributed by atoms with Gasteiger partial charge in [0.2, 0.25) is 0 Å². The number of fused-ring (bicyclic) bond motifs is 1. The van der Waals surface area contributed by atoms with Gasteiger partial charge in [-0.05, 0) is 29.3 Å². The first-order chi connectivity index (χ1) is 10.7. The number of rotatable bonds is 2. The lowest BCUT2D eigenvalue weighted by molar-refractivity contribution is 0.0696. The van der Waals surface area contributed by atoms with Gasteiger partial charge in [-0.1, -0.05) is 30.2 Å². The van der Waals surface area contributed by atoms with Crippen molar-refractivity contribution in [2.45, 2.75) is 0 Å². The fraction of sp³-hybridized carbons (Fsp3) is 0. The molecule has 0 saturated heterocycles. The molecular weight excluding hydrogens is 278 g/mol. The van der Waals surface area contributed by atoms with Gasteiger partial charge in [-0.3, -0.25) is 0 Å². The number of benzene rings is 2. The molecule has 1 aromatic heterocycles. The van der Waals surface area contributed by atoms with E-state index in [0.29, 0.717) is 11.3 Å². The van der Waals surface area contributed by atoms with E-state index in [9.17, 15) is 4.79 Å². The Morgan fingerprint density at radius 3 is 2.36 bits per heavy atom. The molecule has 5 heteroatoms. The summed E-state index contributed by atoms with van der Waals surface area (Å²) in [5.74, 6) is 1.37. The highest BCUT2D eigenvalue weighted by Crippen LogP contribution is 2.32. The van der Waals surface area contributed by atoms with Crippen molar-refractivity contribution in [3.8, 4) is 29.2 Å². The van der Waals surface area contributed by atoms with E-state index in [-0.39, 0.29) is 5.56 Å². The lowest BCUT2D eigenvalue weighted by atomic mass is 10.1. The van der Waals surface area contributed by atoms with Gasteiger partial charge in [0.1, 0.15) is 12.7 Å². The molecule has 1 aromatic carbocycles. The number of para-hydroxylation sites is 1. The van der Waals surface area contributed by atoms with Gasteiger partial charge in [0.25, 0.3) is 0 Å². The van der Waals surface area contributed by atoms with Crippen LogP contribution in [0, 0.1) is 12.3 Å². The molecule has 106 valence electrons. The van der Waals surface area contributed by atoms with Crippen LogP contribution in [0.15, 0.2) is 55.1 Å². The van der Waals surface area contributed by atoms with Crippen LogP contribution in [0.1, 0.15) is 15.9 Å². The average molecular weight is 289 g/mol. The van der Waals surface area contributed by atoms with E-state index in [1.807, 2.05) is 0 Å². The van der Waals surface area contributed by atoms with Gasteiger partial charge in [-0.15, -0.1) is 6.42 Å². The minimum absolute atomic E-state index is 0.0981. The van der Waals surface area contributed by atoms with E-state index >= 15 is 0 Å². The van der Waals surface area contributed by atoms with Crippen molar-refractivity contribution in [3.05, 3.63) is 66.2 Å². The zero-order chi connectivity index (χ0) is 15.5. The first-order valence-electron chi connectivity index (χ1n) is 6.49. The number of terminal acetylenes is 1. The van der Waals surface area contributed by atoms with E-state index in [1.54, 1.807) is 12.1 Å². The summed E-state index contributed by atoms with van der Waals surface area (Å²) < 4.78 is 1.35. The minimum atomic E-state index is -1.05. The molecule has 1 N–H and O–H groups in total. The average Bonchev–Trinajstić information content (AvgIpc) is 2.97. The number of nitrogens with zero attached hydrogens (tertiary/aromatic N) is 3. The Morgan fingerprint density at radius 2 is 1.91 bits per heavy atom. The lowest BCUT2D eigenvalue weighted by Gasteiger charge is -2.07. The number of hydrogen-bond acceptors (Lipinski definition) is 3. The standard InChI is InChI=1S/C11H7N3O2.C6H4/c1-2-8-4-3-5-9(11(15)16)10(8)14-7-12-6-13-14;1-2-5-4-6(5)3-1/h1,3-7H,(H,15,16);1-4H. The summed E-state index contributed by atoms with van der Waals surface area (Å²) in [5.41, 5.74) is 3.77. The molecule has 22 heavy (non-hydrogen) atoms. The quantitative estimate of drug-likeness (QED) is 0.576. The molecule has 0 radical (unpaired) electrons. The molecule has 1 heterocycles. The largest absolute Gasteiger partial charge is 0.478 e. The van der Waals surface area contributed by atoms with Crippen molar-refractivity contribution < 1.29 is 9.90 Å². The maximum atomic E-state index is 11.1. The highest BCUT2D eigenvalue weighted by atomic mass is 16.4. The van der Waals surface area contributed by atoms with Gasteiger partial charge >= 0.3 is 5.97 Å². The molecule has 2 aliphatic carbocycles. The van der Waals surface area contributed by atoms with Gasteiger partial charge in [-0.2, -0.15) is 5.10 Å². The Labute approximate surface area is 126 Å². The Kier molecular flexibility index (Phi) is 3.42. The third kappa shape index (κ3) is 2.58. The summed E-state index contributed by atoms with van der Waals surface area (Å²) in [7, 11) is 0. The SMILES string of the molecule is C#Cc1cccc(C(=O)O)c1-n1cncn1.c1cc2cc-2c1. The number of carboxylic acids is 1. The smallest absolute Gasteiger partial charge is 0.337 e. The van der Waals surface area contributed by atoms with E-state index in [2.05, 4.69) is 40.3 Å². The predicted molar refractivity (Wildman–Crippen MR) is 81.7 cm³/mol. The molecular formula is C17H11N3O2. The topological polar surface area (TPSA) is 68.0 Å². The first kappa shape index (κ1) is 13.6. The monoisotopic (exact) mass is 289 g/mol. The van der Waals surface area contributed by atoms with Gasteiger partial charge in [0.15, 0.2) is 0 Å². The number of aromatic carboxylic acids is 1. The Balaban J connectivity index is 0.000000196. The highest BCUT2D eigenvalue weighted by Gasteiger charge is 2.15. The molecule has 0 aliphatic heterocycles. The second kappa shape index (κ2) is 5.54. The van der Waals surface area contributed by atoms with Crippen LogP contribution in [0.5, 0.6) is 0 Å². The van der Waals surface area contributed by atoms with E-state index < -0.39 is 5.97 Å². The maximum Gasteiger partial charge on any atom is 0.337 e. The zero-order valence-corrected chi connectivity index (χ0v) is 11.5. The van der Waals surface area contributed by atoms with Crippen LogP contribution in [0.25, 0.3) is 16.8 Å². The molecule has 4 rings (SSSR count). The van der Waals surface area contributed by atoms with Crippen LogP contribution in [-0.2, 0) is 0 Å². The number of hydrogen-bond donors (Lipinski definition) is 1.